The quantitative estimate of drug-likeness (QED) is 0.764. The monoisotopic (exact) mass is 400 g/mol. The molecule has 2 aliphatic rings. The molecule has 2 aromatic rings. The molecule has 0 radical (unpaired) electrons. The maximum atomic E-state index is 12.4. The highest BCUT2D eigenvalue weighted by molar-refractivity contribution is 7.91. The van der Waals surface area contributed by atoms with E-state index < -0.39 is 9.84 Å². The molecule has 2 saturated heterocycles. The van der Waals surface area contributed by atoms with E-state index in [-0.39, 0.29) is 29.5 Å². The molecule has 28 heavy (non-hydrogen) atoms. The summed E-state index contributed by atoms with van der Waals surface area (Å²) < 4.78 is 25.9. The fourth-order valence-electron chi connectivity index (χ4n) is 3.95. The average molecular weight is 401 g/mol. The van der Waals surface area contributed by atoms with Crippen molar-refractivity contribution in [3.63, 3.8) is 0 Å². The minimum Gasteiger partial charge on any atom is -0.347 e. The highest BCUT2D eigenvalue weighted by Gasteiger charge is 2.42. The summed E-state index contributed by atoms with van der Waals surface area (Å²) in [5.41, 5.74) is 1.74. The number of aromatic nitrogens is 2. The zero-order valence-electron chi connectivity index (χ0n) is 15.6. The molecule has 3 heterocycles. The Morgan fingerprint density at radius 3 is 2.64 bits per heavy atom. The molecule has 2 atom stereocenters. The molecular formula is C20H24N4O3S. The third kappa shape index (κ3) is 4.34. The summed E-state index contributed by atoms with van der Waals surface area (Å²) in [5, 5.41) is 7.20. The number of para-hydroxylation sites is 1. The number of likely N-dealkylation sites (tertiary alicyclic amines) is 1. The Balaban J connectivity index is 1.40. The number of nitrogens with one attached hydrogen (secondary N) is 1. The van der Waals surface area contributed by atoms with Gasteiger partial charge in [0.05, 0.1) is 29.4 Å². The van der Waals surface area contributed by atoms with E-state index in [0.29, 0.717) is 0 Å². The lowest BCUT2D eigenvalue weighted by Crippen LogP contribution is -2.49. The second-order valence-corrected chi connectivity index (χ2v) is 9.54. The maximum Gasteiger partial charge on any atom is 0.244 e. The van der Waals surface area contributed by atoms with Crippen LogP contribution in [0, 0.1) is 0 Å². The normalized spacial score (nSPS) is 24.7. The van der Waals surface area contributed by atoms with Gasteiger partial charge in [-0.2, -0.15) is 5.10 Å². The van der Waals surface area contributed by atoms with Crippen LogP contribution in [0.4, 0.5) is 0 Å². The van der Waals surface area contributed by atoms with Crippen molar-refractivity contribution in [2.45, 2.75) is 24.9 Å². The van der Waals surface area contributed by atoms with Crippen molar-refractivity contribution in [2.75, 3.05) is 24.6 Å². The van der Waals surface area contributed by atoms with Crippen molar-refractivity contribution in [1.82, 2.24) is 20.0 Å². The zero-order valence-corrected chi connectivity index (χ0v) is 16.4. The molecule has 0 saturated carbocycles. The number of carbonyl (C=O) groups excluding carboxylic acids is 1. The molecule has 1 aromatic carbocycles. The largest absolute Gasteiger partial charge is 0.347 e. The van der Waals surface area contributed by atoms with E-state index in [0.717, 1.165) is 37.2 Å². The molecule has 8 heteroatoms. The van der Waals surface area contributed by atoms with E-state index in [4.69, 9.17) is 0 Å². The van der Waals surface area contributed by atoms with Gasteiger partial charge in [0.15, 0.2) is 9.84 Å². The van der Waals surface area contributed by atoms with Gasteiger partial charge < -0.3 is 5.32 Å². The topological polar surface area (TPSA) is 84.3 Å². The van der Waals surface area contributed by atoms with Crippen molar-refractivity contribution in [3.8, 4) is 5.69 Å². The Bertz CT molecular complexity index is 962. The van der Waals surface area contributed by atoms with E-state index in [1.54, 1.807) is 17.0 Å². The Morgan fingerprint density at radius 2 is 1.89 bits per heavy atom. The Kier molecular flexibility index (Phi) is 5.32. The summed E-state index contributed by atoms with van der Waals surface area (Å²) in [5.74, 6) is -0.135. The molecular weight excluding hydrogens is 376 g/mol. The van der Waals surface area contributed by atoms with Crippen LogP contribution in [0.1, 0.15) is 18.4 Å². The van der Waals surface area contributed by atoms with Crippen LogP contribution in [0.25, 0.3) is 11.8 Å². The highest BCUT2D eigenvalue weighted by Crippen LogP contribution is 2.22. The van der Waals surface area contributed by atoms with Crippen molar-refractivity contribution < 1.29 is 13.2 Å². The van der Waals surface area contributed by atoms with Gasteiger partial charge in [-0.05, 0) is 44.1 Å². The molecule has 2 fully saturated rings. The standard InChI is InChI=1S/C20H24N4O3S/c25-20(9-8-16-12-21-24(13-16)17-6-2-1-3-7-17)22-18-14-28(26,27)15-19(18)23-10-4-5-11-23/h1-3,6-9,12-13,18-19H,4-5,10-11,14-15H2,(H,22,25)/b9-8+. The van der Waals surface area contributed by atoms with Crippen LogP contribution in [0.15, 0.2) is 48.8 Å². The number of hydrogen-bond donors (Lipinski definition) is 1. The number of sulfone groups is 1. The summed E-state index contributed by atoms with van der Waals surface area (Å²) in [6.45, 7) is 1.81. The lowest BCUT2D eigenvalue weighted by atomic mass is 10.1. The fourth-order valence-corrected chi connectivity index (χ4v) is 5.90. The van der Waals surface area contributed by atoms with Gasteiger partial charge in [-0.3, -0.25) is 9.69 Å². The molecule has 0 aliphatic carbocycles. The summed E-state index contributed by atoms with van der Waals surface area (Å²) >= 11 is 0. The minimum atomic E-state index is -3.12. The van der Waals surface area contributed by atoms with E-state index in [9.17, 15) is 13.2 Å². The van der Waals surface area contributed by atoms with Crippen molar-refractivity contribution >= 4 is 21.8 Å². The third-order valence-electron chi connectivity index (χ3n) is 5.31. The summed E-state index contributed by atoms with van der Waals surface area (Å²) in [6, 6.07) is 9.24. The van der Waals surface area contributed by atoms with Gasteiger partial charge in [-0.15, -0.1) is 0 Å². The molecule has 7 nitrogen and oxygen atoms in total. The van der Waals surface area contributed by atoms with E-state index in [1.165, 1.54) is 6.08 Å². The van der Waals surface area contributed by atoms with Crippen LogP contribution in [-0.4, -0.2) is 65.7 Å². The molecule has 1 amide bonds. The number of hydrogen-bond acceptors (Lipinski definition) is 5. The first-order valence-corrected chi connectivity index (χ1v) is 11.4. The van der Waals surface area contributed by atoms with Crippen LogP contribution < -0.4 is 5.32 Å². The number of nitrogens with zero attached hydrogens (tertiary/aromatic N) is 3. The second kappa shape index (κ2) is 7.89. The van der Waals surface area contributed by atoms with Gasteiger partial charge in [0, 0.05) is 23.9 Å². The molecule has 4 rings (SSSR count). The number of rotatable bonds is 5. The van der Waals surface area contributed by atoms with Gasteiger partial charge >= 0.3 is 0 Å². The number of carbonyl (C=O) groups is 1. The van der Waals surface area contributed by atoms with Crippen molar-refractivity contribution in [2.24, 2.45) is 0 Å². The van der Waals surface area contributed by atoms with E-state index >= 15 is 0 Å². The first kappa shape index (κ1) is 18.9. The molecule has 0 bridgehead atoms. The van der Waals surface area contributed by atoms with Gasteiger partial charge in [0.2, 0.25) is 5.91 Å². The molecule has 1 aromatic heterocycles. The van der Waals surface area contributed by atoms with Crippen LogP contribution in [0.2, 0.25) is 0 Å². The predicted molar refractivity (Wildman–Crippen MR) is 108 cm³/mol. The summed E-state index contributed by atoms with van der Waals surface area (Å²) in [6.07, 6.45) is 8.83. The van der Waals surface area contributed by atoms with Crippen LogP contribution in [0.5, 0.6) is 0 Å². The average Bonchev–Trinajstić information content (AvgIpc) is 3.40. The lowest BCUT2D eigenvalue weighted by Gasteiger charge is -2.28. The second-order valence-electron chi connectivity index (χ2n) is 7.39. The lowest BCUT2D eigenvalue weighted by molar-refractivity contribution is -0.117. The van der Waals surface area contributed by atoms with E-state index in [1.807, 2.05) is 36.5 Å². The Morgan fingerprint density at radius 1 is 1.14 bits per heavy atom. The Hall–Kier alpha value is -2.45. The molecule has 2 unspecified atom stereocenters. The van der Waals surface area contributed by atoms with Gasteiger partial charge in [-0.1, -0.05) is 18.2 Å². The predicted octanol–water partition coefficient (Wildman–Crippen LogP) is 1.26. The summed E-state index contributed by atoms with van der Waals surface area (Å²) in [4.78, 5) is 14.6. The first-order chi connectivity index (χ1) is 13.5. The minimum absolute atomic E-state index is 0.0136. The van der Waals surface area contributed by atoms with Gasteiger partial charge in [0.1, 0.15) is 0 Å². The first-order valence-electron chi connectivity index (χ1n) is 9.53. The van der Waals surface area contributed by atoms with Gasteiger partial charge in [0.25, 0.3) is 0 Å². The molecule has 0 spiro atoms. The highest BCUT2D eigenvalue weighted by atomic mass is 32.2. The van der Waals surface area contributed by atoms with Crippen molar-refractivity contribution in [3.05, 3.63) is 54.4 Å². The fraction of sp³-hybridized carbons (Fsp3) is 0.400. The third-order valence-corrected chi connectivity index (χ3v) is 7.03. The zero-order chi connectivity index (χ0) is 19.6. The smallest absolute Gasteiger partial charge is 0.244 e. The van der Waals surface area contributed by atoms with Crippen molar-refractivity contribution in [1.29, 1.82) is 0 Å². The van der Waals surface area contributed by atoms with E-state index in [2.05, 4.69) is 15.3 Å². The van der Waals surface area contributed by atoms with Crippen LogP contribution in [0.3, 0.4) is 0 Å². The molecule has 1 N–H and O–H groups in total. The number of benzene rings is 1. The molecule has 148 valence electrons. The van der Waals surface area contributed by atoms with Crippen LogP contribution in [-0.2, 0) is 14.6 Å². The Labute approximate surface area is 165 Å². The SMILES string of the molecule is O=C(/C=C/c1cnn(-c2ccccc2)c1)NC1CS(=O)(=O)CC1N1CCCC1. The van der Waals surface area contributed by atoms with Crippen LogP contribution >= 0.6 is 0 Å². The molecule has 2 aliphatic heterocycles. The maximum absolute atomic E-state index is 12.4. The summed E-state index contributed by atoms with van der Waals surface area (Å²) in [7, 11) is -3.12. The van der Waals surface area contributed by atoms with Gasteiger partial charge in [-0.25, -0.2) is 13.1 Å². The number of amides is 1.